The largest absolute Gasteiger partial charge is 0.446 e. The van der Waals surface area contributed by atoms with Crippen LogP contribution in [0.25, 0.3) is 5.57 Å². The van der Waals surface area contributed by atoms with Crippen LogP contribution in [0.4, 0.5) is 9.59 Å². The lowest BCUT2D eigenvalue weighted by molar-refractivity contribution is 0.0561. The highest BCUT2D eigenvalue weighted by atomic mass is 35.5. The minimum absolute atomic E-state index is 0.0809. The third-order valence-electron chi connectivity index (χ3n) is 8.26. The van der Waals surface area contributed by atoms with E-state index in [1.54, 1.807) is 23.6 Å². The highest BCUT2D eigenvalue weighted by molar-refractivity contribution is 6.30. The predicted octanol–water partition coefficient (Wildman–Crippen LogP) is 7.53. The Morgan fingerprint density at radius 1 is 1.17 bits per heavy atom. The first kappa shape index (κ1) is 40.4. The first-order valence-electron chi connectivity index (χ1n) is 17.1. The van der Waals surface area contributed by atoms with Gasteiger partial charge in [-0.1, -0.05) is 55.8 Å². The average molecular weight is 685 g/mol. The number of imidazole rings is 1. The van der Waals surface area contributed by atoms with Gasteiger partial charge in [0.25, 0.3) is 0 Å². The molecule has 1 saturated carbocycles. The third-order valence-corrected chi connectivity index (χ3v) is 8.50. The fourth-order valence-corrected chi connectivity index (χ4v) is 4.85. The highest BCUT2D eigenvalue weighted by Crippen LogP contribution is 2.38. The number of benzene rings is 1. The second-order valence-corrected chi connectivity index (χ2v) is 12.6. The Morgan fingerprint density at radius 2 is 1.88 bits per heavy atom. The van der Waals surface area contributed by atoms with E-state index in [0.717, 1.165) is 81.8 Å². The lowest BCUT2D eigenvalue weighted by atomic mass is 9.97. The number of hydrogen-bond acceptors (Lipinski definition) is 7. The summed E-state index contributed by atoms with van der Waals surface area (Å²) in [6, 6.07) is 6.13. The highest BCUT2D eigenvalue weighted by Gasteiger charge is 2.41. The number of aromatic nitrogens is 2. The van der Waals surface area contributed by atoms with Crippen molar-refractivity contribution in [3.8, 4) is 0 Å². The maximum absolute atomic E-state index is 11.6. The number of nitrogens with two attached hydrogens (primary N) is 1. The van der Waals surface area contributed by atoms with Crippen LogP contribution in [0.3, 0.4) is 0 Å². The normalized spacial score (nSPS) is 15.4. The summed E-state index contributed by atoms with van der Waals surface area (Å²) in [5.41, 5.74) is 9.90. The van der Waals surface area contributed by atoms with E-state index in [4.69, 9.17) is 26.8 Å². The Balaban J connectivity index is 0.000000253. The number of aryl methyl sites for hydroxylation is 2. The number of nitrogens with zero attached hydrogens (tertiary/aromatic N) is 3. The summed E-state index contributed by atoms with van der Waals surface area (Å²) in [6.45, 7) is 13.9. The summed E-state index contributed by atoms with van der Waals surface area (Å²) in [7, 11) is 1.89. The topological polar surface area (TPSA) is 124 Å². The minimum atomic E-state index is -0.351. The zero-order valence-corrected chi connectivity index (χ0v) is 30.5. The molecule has 1 aliphatic heterocycles. The van der Waals surface area contributed by atoms with Crippen LogP contribution < -0.4 is 16.4 Å². The fraction of sp³-hybridized carbons (Fsp3) is 0.541. The van der Waals surface area contributed by atoms with Gasteiger partial charge in [-0.15, -0.1) is 0 Å². The van der Waals surface area contributed by atoms with Crippen molar-refractivity contribution in [1.82, 2.24) is 25.1 Å². The lowest BCUT2D eigenvalue weighted by Crippen LogP contribution is -2.47. The summed E-state index contributed by atoms with van der Waals surface area (Å²) < 4.78 is 12.4. The van der Waals surface area contributed by atoms with Gasteiger partial charge in [0.1, 0.15) is 11.7 Å². The number of halogens is 1. The molecular formula is C37H57ClN6O4. The Morgan fingerprint density at radius 3 is 2.46 bits per heavy atom. The summed E-state index contributed by atoms with van der Waals surface area (Å²) in [6.07, 6.45) is 19.7. The van der Waals surface area contributed by atoms with Gasteiger partial charge in [0.2, 0.25) is 0 Å². The van der Waals surface area contributed by atoms with Crippen molar-refractivity contribution in [3.05, 3.63) is 83.1 Å². The molecule has 4 rings (SSSR count). The van der Waals surface area contributed by atoms with Crippen LogP contribution >= 0.6 is 11.6 Å². The lowest BCUT2D eigenvalue weighted by Gasteiger charge is -2.28. The van der Waals surface area contributed by atoms with Crippen molar-refractivity contribution < 1.29 is 19.1 Å². The molecule has 2 aromatic rings. The number of rotatable bonds is 12. The number of piperazine rings is 1. The van der Waals surface area contributed by atoms with Gasteiger partial charge in [-0.3, -0.25) is 0 Å². The molecule has 48 heavy (non-hydrogen) atoms. The van der Waals surface area contributed by atoms with Gasteiger partial charge in [0.15, 0.2) is 0 Å². The fourth-order valence-electron chi connectivity index (χ4n) is 4.67. The van der Waals surface area contributed by atoms with Crippen LogP contribution in [0.1, 0.15) is 90.0 Å². The third kappa shape index (κ3) is 15.4. The minimum Gasteiger partial charge on any atom is -0.446 e. The molecule has 0 atom stereocenters. The van der Waals surface area contributed by atoms with Crippen molar-refractivity contribution in [2.45, 2.75) is 97.8 Å². The maximum atomic E-state index is 11.6. The van der Waals surface area contributed by atoms with Crippen molar-refractivity contribution in [1.29, 1.82) is 0 Å². The molecule has 1 aliphatic carbocycles. The number of carbonyl (C=O) groups excluding carboxylic acids is 2. The number of allylic oxidation sites excluding steroid dienone is 5. The zero-order valence-electron chi connectivity index (χ0n) is 29.8. The van der Waals surface area contributed by atoms with E-state index in [9.17, 15) is 9.59 Å². The number of alkyl carbamates (subject to hydrolysis) is 1. The second kappa shape index (κ2) is 22.0. The van der Waals surface area contributed by atoms with E-state index >= 15 is 0 Å². The van der Waals surface area contributed by atoms with Gasteiger partial charge in [0.05, 0.1) is 18.6 Å². The molecular weight excluding hydrogens is 628 g/mol. The molecule has 0 spiro atoms. The molecule has 1 aromatic heterocycles. The van der Waals surface area contributed by atoms with E-state index in [0.29, 0.717) is 6.54 Å². The van der Waals surface area contributed by atoms with Gasteiger partial charge < -0.3 is 35.3 Å². The number of amides is 2. The second-order valence-electron chi connectivity index (χ2n) is 12.2. The van der Waals surface area contributed by atoms with E-state index in [1.807, 2.05) is 50.6 Å². The Hall–Kier alpha value is -3.76. The van der Waals surface area contributed by atoms with Gasteiger partial charge in [-0.2, -0.15) is 0 Å². The molecule has 4 N–H and O–H groups in total. The van der Waals surface area contributed by atoms with Crippen LogP contribution in [0, 0.1) is 0 Å². The predicted molar refractivity (Wildman–Crippen MR) is 196 cm³/mol. The van der Waals surface area contributed by atoms with Crippen molar-refractivity contribution >= 4 is 29.4 Å². The first-order chi connectivity index (χ1) is 23.0. The summed E-state index contributed by atoms with van der Waals surface area (Å²) in [4.78, 5) is 28.7. The van der Waals surface area contributed by atoms with Crippen molar-refractivity contribution in [2.75, 3.05) is 26.2 Å². The SMILES string of the molecule is C/C=C(/C)c1cc(Cl)ccc1CC/C=C\C/C=C\N.CCC(CC)OC(=O)N1CCNCC1.Cn1cncc1CNC(=O)OC1(C)CC1. The Kier molecular flexibility index (Phi) is 18.5. The Bertz CT molecular complexity index is 1340. The number of nitrogens with one attached hydrogen (secondary N) is 2. The molecule has 2 heterocycles. The molecule has 1 saturated heterocycles. The van der Waals surface area contributed by atoms with Crippen LogP contribution in [0.5, 0.6) is 0 Å². The quantitative estimate of drug-likeness (QED) is 0.198. The van der Waals surface area contributed by atoms with Gasteiger partial charge in [-0.25, -0.2) is 14.6 Å². The molecule has 1 aromatic carbocycles. The van der Waals surface area contributed by atoms with Gasteiger partial charge >= 0.3 is 12.2 Å². The first-order valence-corrected chi connectivity index (χ1v) is 17.4. The smallest absolute Gasteiger partial charge is 0.410 e. The average Bonchev–Trinajstić information content (AvgIpc) is 3.68. The van der Waals surface area contributed by atoms with Crippen LogP contribution in [-0.2, 0) is 29.5 Å². The molecule has 266 valence electrons. The monoisotopic (exact) mass is 684 g/mol. The molecule has 0 bridgehead atoms. The van der Waals surface area contributed by atoms with E-state index in [1.165, 1.54) is 16.7 Å². The summed E-state index contributed by atoms with van der Waals surface area (Å²) in [5, 5.41) is 6.70. The number of ether oxygens (including phenoxy) is 2. The van der Waals surface area contributed by atoms with Crippen LogP contribution in [0.15, 0.2) is 61.2 Å². The van der Waals surface area contributed by atoms with E-state index in [2.05, 4.69) is 53.8 Å². The van der Waals surface area contributed by atoms with Crippen molar-refractivity contribution in [2.24, 2.45) is 12.8 Å². The van der Waals surface area contributed by atoms with Crippen LogP contribution in [-0.4, -0.2) is 64.5 Å². The number of hydrogen-bond donors (Lipinski definition) is 3. The summed E-state index contributed by atoms with van der Waals surface area (Å²) >= 11 is 6.08. The van der Waals surface area contributed by atoms with Gasteiger partial charge in [0, 0.05) is 44.4 Å². The molecule has 2 amide bonds. The van der Waals surface area contributed by atoms with Crippen LogP contribution in [0.2, 0.25) is 5.02 Å². The standard InChI is InChI=1S/C17H22ClN.C10H15N3O2.C10H20N2O2/c1-3-14(2)17-13-16(18)11-10-15(17)9-7-5-4-6-8-12-19;1-10(3-4-10)15-9(14)12-6-8-5-11-7-13(8)2;1-3-9(4-2)14-10(13)12-7-5-11-6-8-12/h3-5,8,10-13H,6-7,9,19H2,1-2H3;5,7H,3-4,6H2,1-2H3,(H,12,14);9,11H,3-8H2,1-2H3/b5-4-,12-8-,14-3-;;. The molecule has 10 nitrogen and oxygen atoms in total. The summed E-state index contributed by atoms with van der Waals surface area (Å²) in [5.74, 6) is 0. The van der Waals surface area contributed by atoms with E-state index in [-0.39, 0.29) is 23.9 Å². The molecule has 0 radical (unpaired) electrons. The maximum Gasteiger partial charge on any atom is 0.410 e. The van der Waals surface area contributed by atoms with E-state index < -0.39 is 0 Å². The van der Waals surface area contributed by atoms with Gasteiger partial charge in [-0.05, 0) is 101 Å². The Labute approximate surface area is 292 Å². The molecule has 2 fully saturated rings. The van der Waals surface area contributed by atoms with Crippen molar-refractivity contribution in [3.63, 3.8) is 0 Å². The number of carbonyl (C=O) groups is 2. The molecule has 0 unspecified atom stereocenters. The molecule has 2 aliphatic rings. The molecule has 11 heteroatoms. The zero-order chi connectivity index (χ0) is 35.4.